The minimum Gasteiger partial charge on any atom is -0.378 e. The van der Waals surface area contributed by atoms with Crippen LogP contribution < -0.4 is 10.2 Å². The van der Waals surface area contributed by atoms with Crippen LogP contribution in [-0.4, -0.2) is 36.3 Å². The highest BCUT2D eigenvalue weighted by Gasteiger charge is 2.14. The number of morpholine rings is 1. The van der Waals surface area contributed by atoms with Crippen LogP contribution in [0.15, 0.2) is 28.7 Å². The highest BCUT2D eigenvalue weighted by molar-refractivity contribution is 9.10. The molecule has 0 spiro atoms. The van der Waals surface area contributed by atoms with Gasteiger partial charge in [-0.25, -0.2) is 9.97 Å². The Hall–Kier alpha value is -1.66. The number of hydrogen-bond acceptors (Lipinski definition) is 5. The molecule has 3 rings (SSSR count). The summed E-state index contributed by atoms with van der Waals surface area (Å²) in [5.74, 6) is 2.51. The zero-order valence-corrected chi connectivity index (χ0v) is 14.4. The van der Waals surface area contributed by atoms with E-state index in [0.717, 1.165) is 53.9 Å². The second-order valence-corrected chi connectivity index (χ2v) is 6.22. The lowest BCUT2D eigenvalue weighted by atomic mass is 10.2. The highest BCUT2D eigenvalue weighted by atomic mass is 79.9. The van der Waals surface area contributed by atoms with E-state index in [9.17, 15) is 0 Å². The Bertz CT molecular complexity index is 671. The largest absolute Gasteiger partial charge is 0.378 e. The first kappa shape index (κ1) is 15.2. The molecule has 2 aromatic rings. The molecule has 1 saturated heterocycles. The molecular weight excluding hydrogens is 344 g/mol. The summed E-state index contributed by atoms with van der Waals surface area (Å²) in [5, 5.41) is 3.36. The summed E-state index contributed by atoms with van der Waals surface area (Å²) in [6.07, 6.45) is 0. The second-order valence-electron chi connectivity index (χ2n) is 5.37. The second kappa shape index (κ2) is 6.62. The van der Waals surface area contributed by atoms with E-state index in [1.807, 2.05) is 19.1 Å². The lowest BCUT2D eigenvalue weighted by Crippen LogP contribution is -2.36. The van der Waals surface area contributed by atoms with Gasteiger partial charge >= 0.3 is 0 Å². The van der Waals surface area contributed by atoms with Gasteiger partial charge in [-0.3, -0.25) is 0 Å². The molecule has 1 fully saturated rings. The third-order valence-corrected chi connectivity index (χ3v) is 4.20. The van der Waals surface area contributed by atoms with E-state index >= 15 is 0 Å². The van der Waals surface area contributed by atoms with E-state index in [4.69, 9.17) is 4.74 Å². The molecule has 1 N–H and O–H groups in total. The van der Waals surface area contributed by atoms with Gasteiger partial charge in [0, 0.05) is 23.6 Å². The maximum Gasteiger partial charge on any atom is 0.136 e. The average molecular weight is 363 g/mol. The number of hydrogen-bond donors (Lipinski definition) is 1. The SMILES string of the molecule is Cc1ccc(Nc2cc(N3CCOCC3)nc(C)n2)c(Br)c1. The molecule has 0 amide bonds. The smallest absolute Gasteiger partial charge is 0.136 e. The molecule has 116 valence electrons. The number of benzene rings is 1. The first-order chi connectivity index (χ1) is 10.6. The van der Waals surface area contributed by atoms with Crippen molar-refractivity contribution in [1.29, 1.82) is 0 Å². The average Bonchev–Trinajstić information content (AvgIpc) is 2.50. The molecule has 0 radical (unpaired) electrons. The number of anilines is 3. The van der Waals surface area contributed by atoms with E-state index in [2.05, 4.69) is 55.2 Å². The molecule has 22 heavy (non-hydrogen) atoms. The molecule has 0 bridgehead atoms. The normalized spacial score (nSPS) is 15.0. The molecule has 0 unspecified atom stereocenters. The quantitative estimate of drug-likeness (QED) is 0.906. The van der Waals surface area contributed by atoms with Crippen LogP contribution >= 0.6 is 15.9 Å². The van der Waals surface area contributed by atoms with Crippen LogP contribution in [0.4, 0.5) is 17.3 Å². The standard InChI is InChI=1S/C16H19BrN4O/c1-11-3-4-14(13(17)9-11)20-15-10-16(19-12(2)18-15)21-5-7-22-8-6-21/h3-4,9-10H,5-8H2,1-2H3,(H,18,19,20). The van der Waals surface area contributed by atoms with Crippen molar-refractivity contribution in [3.05, 3.63) is 40.1 Å². The maximum absolute atomic E-state index is 5.40. The van der Waals surface area contributed by atoms with Crippen LogP contribution in [-0.2, 0) is 4.74 Å². The molecule has 5 nitrogen and oxygen atoms in total. The predicted molar refractivity (Wildman–Crippen MR) is 92.0 cm³/mol. The van der Waals surface area contributed by atoms with Gasteiger partial charge in [0.05, 0.1) is 18.9 Å². The fraction of sp³-hybridized carbons (Fsp3) is 0.375. The fourth-order valence-electron chi connectivity index (χ4n) is 2.43. The molecule has 1 aromatic carbocycles. The lowest BCUT2D eigenvalue weighted by Gasteiger charge is -2.28. The topological polar surface area (TPSA) is 50.3 Å². The third kappa shape index (κ3) is 3.56. The Morgan fingerprint density at radius 2 is 1.91 bits per heavy atom. The highest BCUT2D eigenvalue weighted by Crippen LogP contribution is 2.27. The number of aromatic nitrogens is 2. The van der Waals surface area contributed by atoms with Crippen LogP contribution in [0.3, 0.4) is 0 Å². The molecule has 1 aromatic heterocycles. The third-order valence-electron chi connectivity index (χ3n) is 3.55. The Morgan fingerprint density at radius 3 is 2.64 bits per heavy atom. The number of ether oxygens (including phenoxy) is 1. The fourth-order valence-corrected chi connectivity index (χ4v) is 3.02. The summed E-state index contributed by atoms with van der Waals surface area (Å²) in [5.41, 5.74) is 2.21. The van der Waals surface area contributed by atoms with Crippen molar-refractivity contribution in [2.24, 2.45) is 0 Å². The zero-order valence-electron chi connectivity index (χ0n) is 12.8. The van der Waals surface area contributed by atoms with Crippen LogP contribution in [0, 0.1) is 13.8 Å². The van der Waals surface area contributed by atoms with Gasteiger partial charge in [-0.05, 0) is 47.5 Å². The number of nitrogens with one attached hydrogen (secondary N) is 1. The molecule has 0 aliphatic carbocycles. The van der Waals surface area contributed by atoms with Gasteiger partial charge < -0.3 is 15.0 Å². The van der Waals surface area contributed by atoms with Crippen molar-refractivity contribution in [2.75, 3.05) is 36.5 Å². The summed E-state index contributed by atoms with van der Waals surface area (Å²) < 4.78 is 6.42. The van der Waals surface area contributed by atoms with Crippen LogP contribution in [0.5, 0.6) is 0 Å². The molecule has 2 heterocycles. The van der Waals surface area contributed by atoms with E-state index in [0.29, 0.717) is 0 Å². The van der Waals surface area contributed by atoms with Crippen LogP contribution in [0.1, 0.15) is 11.4 Å². The molecule has 0 atom stereocenters. The van der Waals surface area contributed by atoms with Gasteiger partial charge in [0.2, 0.25) is 0 Å². The van der Waals surface area contributed by atoms with Gasteiger partial charge in [0.15, 0.2) is 0 Å². The molecule has 0 saturated carbocycles. The Labute approximate surface area is 138 Å². The summed E-state index contributed by atoms with van der Waals surface area (Å²) in [6.45, 7) is 7.21. The Morgan fingerprint density at radius 1 is 1.14 bits per heavy atom. The van der Waals surface area contributed by atoms with Gasteiger partial charge in [0.25, 0.3) is 0 Å². The van der Waals surface area contributed by atoms with Crippen LogP contribution in [0.2, 0.25) is 0 Å². The summed E-state index contributed by atoms with van der Waals surface area (Å²) in [4.78, 5) is 11.3. The summed E-state index contributed by atoms with van der Waals surface area (Å²) in [6, 6.07) is 8.19. The summed E-state index contributed by atoms with van der Waals surface area (Å²) in [7, 11) is 0. The van der Waals surface area contributed by atoms with Gasteiger partial charge in [-0.1, -0.05) is 6.07 Å². The number of nitrogens with zero attached hydrogens (tertiary/aromatic N) is 3. The van der Waals surface area contributed by atoms with E-state index < -0.39 is 0 Å². The first-order valence-electron chi connectivity index (χ1n) is 7.33. The van der Waals surface area contributed by atoms with E-state index in [1.54, 1.807) is 0 Å². The van der Waals surface area contributed by atoms with Crippen molar-refractivity contribution in [3.8, 4) is 0 Å². The number of halogens is 1. The van der Waals surface area contributed by atoms with E-state index in [1.165, 1.54) is 5.56 Å². The molecule has 6 heteroatoms. The van der Waals surface area contributed by atoms with Gasteiger partial charge in [-0.15, -0.1) is 0 Å². The number of aryl methyl sites for hydroxylation is 2. The van der Waals surface area contributed by atoms with Gasteiger partial charge in [-0.2, -0.15) is 0 Å². The maximum atomic E-state index is 5.40. The Balaban J connectivity index is 1.85. The summed E-state index contributed by atoms with van der Waals surface area (Å²) >= 11 is 3.59. The minimum atomic E-state index is 0.745. The first-order valence-corrected chi connectivity index (χ1v) is 8.13. The lowest BCUT2D eigenvalue weighted by molar-refractivity contribution is 0.122. The van der Waals surface area contributed by atoms with Crippen molar-refractivity contribution in [3.63, 3.8) is 0 Å². The zero-order chi connectivity index (χ0) is 15.5. The monoisotopic (exact) mass is 362 g/mol. The van der Waals surface area contributed by atoms with Crippen molar-refractivity contribution in [1.82, 2.24) is 9.97 Å². The van der Waals surface area contributed by atoms with Crippen molar-refractivity contribution < 1.29 is 4.74 Å². The van der Waals surface area contributed by atoms with Gasteiger partial charge in [0.1, 0.15) is 17.5 Å². The van der Waals surface area contributed by atoms with E-state index in [-0.39, 0.29) is 0 Å². The Kier molecular flexibility index (Phi) is 4.59. The molecular formula is C16H19BrN4O. The predicted octanol–water partition coefficient (Wildman–Crippen LogP) is 3.44. The minimum absolute atomic E-state index is 0.745. The van der Waals surface area contributed by atoms with Crippen molar-refractivity contribution >= 4 is 33.3 Å². The van der Waals surface area contributed by atoms with Crippen molar-refractivity contribution in [2.45, 2.75) is 13.8 Å². The number of rotatable bonds is 3. The molecule has 1 aliphatic heterocycles. The van der Waals surface area contributed by atoms with Crippen LogP contribution in [0.25, 0.3) is 0 Å². The molecule has 1 aliphatic rings.